The van der Waals surface area contributed by atoms with Crippen LogP contribution in [0.2, 0.25) is 0 Å². The maximum atomic E-state index is 4.01. The molecule has 0 bridgehead atoms. The quantitative estimate of drug-likeness (QED) is 0.832. The van der Waals surface area contributed by atoms with Crippen LogP contribution in [0.3, 0.4) is 0 Å². The summed E-state index contributed by atoms with van der Waals surface area (Å²) in [6.07, 6.45) is 2.95. The molecule has 92 valence electrons. The minimum Gasteiger partial charge on any atom is -0.305 e. The van der Waals surface area contributed by atoms with Gasteiger partial charge in [0.25, 0.3) is 0 Å². The molecule has 2 heterocycles. The van der Waals surface area contributed by atoms with Crippen molar-refractivity contribution in [1.82, 2.24) is 20.3 Å². The number of hydrogen-bond donors (Lipinski definition) is 1. The fourth-order valence-corrected chi connectivity index (χ4v) is 3.11. The third-order valence-corrected chi connectivity index (χ3v) is 4.37. The molecule has 0 saturated heterocycles. The summed E-state index contributed by atoms with van der Waals surface area (Å²) >= 11 is 4.12. The Labute approximate surface area is 119 Å². The van der Waals surface area contributed by atoms with Crippen LogP contribution in [0.15, 0.2) is 17.6 Å². The Morgan fingerprint density at radius 2 is 2.41 bits per heavy atom. The van der Waals surface area contributed by atoms with Crippen LogP contribution in [0, 0.1) is 2.88 Å². The second-order valence-electron chi connectivity index (χ2n) is 3.85. The van der Waals surface area contributed by atoms with E-state index in [0.717, 1.165) is 18.7 Å². The fraction of sp³-hybridized carbons (Fsp3) is 0.455. The molecule has 0 saturated carbocycles. The molecule has 1 N–H and O–H groups in total. The van der Waals surface area contributed by atoms with Crippen molar-refractivity contribution in [2.75, 3.05) is 6.54 Å². The molecule has 2 rings (SSSR count). The zero-order chi connectivity index (χ0) is 12.3. The molecular formula is C11H15IN4S. The number of rotatable bonds is 5. The van der Waals surface area contributed by atoms with Crippen molar-refractivity contribution in [2.45, 2.75) is 19.4 Å². The van der Waals surface area contributed by atoms with Crippen LogP contribution in [0.25, 0.3) is 0 Å². The van der Waals surface area contributed by atoms with Gasteiger partial charge in [0.1, 0.15) is 0 Å². The van der Waals surface area contributed by atoms with Gasteiger partial charge in [0, 0.05) is 7.05 Å². The van der Waals surface area contributed by atoms with Gasteiger partial charge in [-0.3, -0.25) is 4.68 Å². The summed E-state index contributed by atoms with van der Waals surface area (Å²) in [7, 11) is 1.93. The van der Waals surface area contributed by atoms with Gasteiger partial charge in [0.05, 0.1) is 20.8 Å². The molecule has 0 fully saturated rings. The number of aryl methyl sites for hydroxylation is 1. The number of halogens is 1. The predicted octanol–water partition coefficient (Wildman–Crippen LogP) is 2.57. The molecule has 17 heavy (non-hydrogen) atoms. The van der Waals surface area contributed by atoms with Crippen molar-refractivity contribution in [3.05, 3.63) is 31.8 Å². The van der Waals surface area contributed by atoms with Crippen molar-refractivity contribution in [3.8, 4) is 0 Å². The standard InChI is InChI=1S/C11H15IN4S/c1-3-4-13-11(8-5-10(12)17-7-8)9-6-14-15-16(9)2/h5-7,11,13H,3-4H2,1-2H3. The van der Waals surface area contributed by atoms with Crippen LogP contribution < -0.4 is 5.32 Å². The van der Waals surface area contributed by atoms with E-state index in [-0.39, 0.29) is 6.04 Å². The first-order valence-electron chi connectivity index (χ1n) is 5.54. The summed E-state index contributed by atoms with van der Waals surface area (Å²) in [5.41, 5.74) is 2.39. The largest absolute Gasteiger partial charge is 0.305 e. The van der Waals surface area contributed by atoms with Gasteiger partial charge < -0.3 is 5.32 Å². The topological polar surface area (TPSA) is 42.7 Å². The second kappa shape index (κ2) is 5.92. The average Bonchev–Trinajstić information content (AvgIpc) is 2.90. The van der Waals surface area contributed by atoms with Crippen molar-refractivity contribution in [2.24, 2.45) is 7.05 Å². The average molecular weight is 362 g/mol. The number of nitrogens with one attached hydrogen (secondary N) is 1. The molecule has 6 heteroatoms. The number of thiophene rings is 1. The lowest BCUT2D eigenvalue weighted by Crippen LogP contribution is -2.24. The summed E-state index contributed by atoms with van der Waals surface area (Å²) in [6, 6.07) is 2.40. The normalized spacial score (nSPS) is 12.9. The van der Waals surface area contributed by atoms with Gasteiger partial charge in [0.15, 0.2) is 0 Å². The molecule has 0 aliphatic heterocycles. The monoisotopic (exact) mass is 362 g/mol. The Hall–Kier alpha value is -0.470. The van der Waals surface area contributed by atoms with E-state index in [9.17, 15) is 0 Å². The number of aromatic nitrogens is 3. The van der Waals surface area contributed by atoms with E-state index in [1.165, 1.54) is 8.45 Å². The third kappa shape index (κ3) is 3.05. The maximum absolute atomic E-state index is 4.01. The first-order chi connectivity index (χ1) is 8.22. The van der Waals surface area contributed by atoms with Crippen LogP contribution in [0.1, 0.15) is 30.6 Å². The van der Waals surface area contributed by atoms with Crippen LogP contribution in [-0.2, 0) is 7.05 Å². The van der Waals surface area contributed by atoms with Crippen molar-refractivity contribution in [3.63, 3.8) is 0 Å². The number of hydrogen-bond acceptors (Lipinski definition) is 4. The summed E-state index contributed by atoms with van der Waals surface area (Å²) in [4.78, 5) is 0. The molecule has 1 atom stereocenters. The lowest BCUT2D eigenvalue weighted by atomic mass is 10.1. The summed E-state index contributed by atoms with van der Waals surface area (Å²) in [5, 5.41) is 13.7. The summed E-state index contributed by atoms with van der Waals surface area (Å²) in [5.74, 6) is 0. The Morgan fingerprint density at radius 1 is 1.59 bits per heavy atom. The SMILES string of the molecule is CCCNC(c1csc(I)c1)c1cnnn1C. The van der Waals surface area contributed by atoms with E-state index < -0.39 is 0 Å². The highest BCUT2D eigenvalue weighted by molar-refractivity contribution is 14.1. The highest BCUT2D eigenvalue weighted by atomic mass is 127. The first-order valence-corrected chi connectivity index (χ1v) is 7.50. The predicted molar refractivity (Wildman–Crippen MR) is 78.2 cm³/mol. The van der Waals surface area contributed by atoms with Crippen molar-refractivity contribution < 1.29 is 0 Å². The minimum atomic E-state index is 0.190. The highest BCUT2D eigenvalue weighted by Gasteiger charge is 2.18. The lowest BCUT2D eigenvalue weighted by molar-refractivity contribution is 0.551. The van der Waals surface area contributed by atoms with Crippen molar-refractivity contribution >= 4 is 33.9 Å². The molecule has 0 radical (unpaired) electrons. The van der Waals surface area contributed by atoms with Crippen LogP contribution in [-0.4, -0.2) is 21.5 Å². The Bertz CT molecular complexity index is 479. The maximum Gasteiger partial charge on any atom is 0.0798 e. The Kier molecular flexibility index (Phi) is 4.52. The van der Waals surface area contributed by atoms with Gasteiger partial charge in [-0.15, -0.1) is 16.4 Å². The molecule has 2 aromatic heterocycles. The molecule has 0 aliphatic rings. The summed E-state index contributed by atoms with van der Waals surface area (Å²) in [6.45, 7) is 3.16. The van der Waals surface area contributed by atoms with E-state index in [2.05, 4.69) is 56.6 Å². The second-order valence-corrected chi connectivity index (χ2v) is 6.66. The first kappa shape index (κ1) is 13.0. The molecule has 0 spiro atoms. The molecule has 1 unspecified atom stereocenters. The van der Waals surface area contributed by atoms with Gasteiger partial charge >= 0.3 is 0 Å². The highest BCUT2D eigenvalue weighted by Crippen LogP contribution is 2.26. The van der Waals surface area contributed by atoms with Gasteiger partial charge in [-0.25, -0.2) is 0 Å². The smallest absolute Gasteiger partial charge is 0.0798 e. The van der Waals surface area contributed by atoms with Gasteiger partial charge in [-0.1, -0.05) is 12.1 Å². The Balaban J connectivity index is 2.28. The molecule has 0 amide bonds. The Morgan fingerprint density at radius 3 is 2.94 bits per heavy atom. The molecule has 0 aliphatic carbocycles. The van der Waals surface area contributed by atoms with E-state index in [4.69, 9.17) is 0 Å². The van der Waals surface area contributed by atoms with Crippen LogP contribution >= 0.6 is 33.9 Å². The lowest BCUT2D eigenvalue weighted by Gasteiger charge is -2.17. The zero-order valence-electron chi connectivity index (χ0n) is 9.85. The van der Waals surface area contributed by atoms with Gasteiger partial charge in [0.2, 0.25) is 0 Å². The summed E-state index contributed by atoms with van der Waals surface area (Å²) < 4.78 is 3.13. The van der Waals surface area contributed by atoms with E-state index in [1.807, 2.05) is 17.9 Å². The van der Waals surface area contributed by atoms with E-state index in [0.29, 0.717) is 0 Å². The van der Waals surface area contributed by atoms with E-state index in [1.54, 1.807) is 11.3 Å². The number of nitrogens with zero attached hydrogens (tertiary/aromatic N) is 3. The molecular weight excluding hydrogens is 347 g/mol. The van der Waals surface area contributed by atoms with Crippen molar-refractivity contribution in [1.29, 1.82) is 0 Å². The zero-order valence-corrected chi connectivity index (χ0v) is 12.8. The van der Waals surface area contributed by atoms with Crippen LogP contribution in [0.5, 0.6) is 0 Å². The minimum absolute atomic E-state index is 0.190. The molecule has 2 aromatic rings. The van der Waals surface area contributed by atoms with Crippen LogP contribution in [0.4, 0.5) is 0 Å². The van der Waals surface area contributed by atoms with Gasteiger partial charge in [-0.2, -0.15) is 0 Å². The van der Waals surface area contributed by atoms with Gasteiger partial charge in [-0.05, 0) is 52.6 Å². The third-order valence-electron chi connectivity index (χ3n) is 2.56. The van der Waals surface area contributed by atoms with E-state index >= 15 is 0 Å². The molecule has 4 nitrogen and oxygen atoms in total. The fourth-order valence-electron chi connectivity index (χ4n) is 1.72. The molecule has 0 aromatic carbocycles.